The molecule has 14 rings (SSSR count). The van der Waals surface area contributed by atoms with Gasteiger partial charge in [-0.1, -0.05) is 210 Å². The molecule has 0 amide bonds. The number of benzene rings is 9. The van der Waals surface area contributed by atoms with Crippen molar-refractivity contribution in [2.45, 2.75) is 63.2 Å². The van der Waals surface area contributed by atoms with Crippen LogP contribution in [0.15, 0.2) is 248 Å². The van der Waals surface area contributed by atoms with Crippen LogP contribution in [-0.2, 0) is 10.8 Å². The second kappa shape index (κ2) is 17.1. The van der Waals surface area contributed by atoms with Gasteiger partial charge in [-0.2, -0.15) is 0 Å². The smallest absolute Gasteiger partial charge is 0.0541 e. The average molecular weight is 951 g/mol. The first-order chi connectivity index (χ1) is 36.2. The number of hydrogen-bond donors (Lipinski definition) is 0. The Bertz CT molecular complexity index is 3890. The van der Waals surface area contributed by atoms with Crippen molar-refractivity contribution in [3.05, 3.63) is 287 Å². The summed E-state index contributed by atoms with van der Waals surface area (Å²) in [5.41, 5.74) is 25.8. The molecule has 0 bridgehead atoms. The highest BCUT2D eigenvalue weighted by atomic mass is 15.1. The third-order valence-corrected chi connectivity index (χ3v) is 17.1. The predicted octanol–water partition coefficient (Wildman–Crippen LogP) is 19.0. The number of fused-ring (bicyclic) bond motifs is 9. The van der Waals surface area contributed by atoms with Crippen LogP contribution in [-0.4, -0.2) is 4.57 Å². The molecule has 0 spiro atoms. The van der Waals surface area contributed by atoms with Crippen LogP contribution in [0.25, 0.3) is 66.4 Å². The topological polar surface area (TPSA) is 8.17 Å². The first-order valence-electron chi connectivity index (χ1n) is 26.5. The third-order valence-electron chi connectivity index (χ3n) is 17.1. The SMILES string of the molecule is CC1(C)c2ccccc2-c2ccc(N(C3=CCC(c4ccc(C5C=CC(c6ccc(-c7ccc8c(c7)c7ccccc7n8-c7ccccc7)cc6)=CC5)cc4)C=C3)c3ccc4c(c3)C(C)(C)c3ccccc3-4)cc21. The molecule has 10 aromatic rings. The molecule has 356 valence electrons. The fourth-order valence-electron chi connectivity index (χ4n) is 13.1. The summed E-state index contributed by atoms with van der Waals surface area (Å²) in [5, 5.41) is 2.55. The van der Waals surface area contributed by atoms with Crippen LogP contribution in [0.1, 0.15) is 91.3 Å². The largest absolute Gasteiger partial charge is 0.311 e. The van der Waals surface area contributed by atoms with Crippen molar-refractivity contribution >= 4 is 38.8 Å². The molecule has 1 heterocycles. The number of anilines is 2. The summed E-state index contributed by atoms with van der Waals surface area (Å²) in [6, 6.07) is 77.1. The maximum Gasteiger partial charge on any atom is 0.0541 e. The summed E-state index contributed by atoms with van der Waals surface area (Å²) in [5.74, 6) is 0.665. The third kappa shape index (κ3) is 7.07. The molecule has 0 radical (unpaired) electrons. The molecular weight excluding hydrogens is 893 g/mol. The van der Waals surface area contributed by atoms with Crippen LogP contribution in [0.4, 0.5) is 11.4 Å². The molecule has 2 unspecified atom stereocenters. The van der Waals surface area contributed by atoms with E-state index in [-0.39, 0.29) is 10.8 Å². The molecule has 0 saturated heterocycles. The maximum atomic E-state index is 2.51. The quantitative estimate of drug-likeness (QED) is 0.147. The second-order valence-corrected chi connectivity index (χ2v) is 22.0. The van der Waals surface area contributed by atoms with E-state index in [1.807, 2.05) is 0 Å². The molecule has 4 aliphatic carbocycles. The zero-order valence-corrected chi connectivity index (χ0v) is 42.6. The van der Waals surface area contributed by atoms with Crippen LogP contribution in [0.5, 0.6) is 0 Å². The fourth-order valence-corrected chi connectivity index (χ4v) is 13.1. The van der Waals surface area contributed by atoms with E-state index in [0.717, 1.165) is 12.8 Å². The average Bonchev–Trinajstić information content (AvgIpc) is 4.00. The minimum absolute atomic E-state index is 0.0896. The molecule has 2 heteroatoms. The molecule has 0 fully saturated rings. The van der Waals surface area contributed by atoms with Crippen LogP contribution in [0, 0.1) is 0 Å². The summed E-state index contributed by atoms with van der Waals surface area (Å²) in [6.07, 6.45) is 16.3. The number of allylic oxidation sites excluding steroid dienone is 7. The highest BCUT2D eigenvalue weighted by Crippen LogP contribution is 2.53. The van der Waals surface area contributed by atoms with E-state index in [9.17, 15) is 0 Å². The summed E-state index contributed by atoms with van der Waals surface area (Å²) >= 11 is 0. The Morgan fingerprint density at radius 1 is 0.405 bits per heavy atom. The van der Waals surface area contributed by atoms with Gasteiger partial charge in [0.25, 0.3) is 0 Å². The van der Waals surface area contributed by atoms with E-state index in [2.05, 4.69) is 280 Å². The minimum atomic E-state index is -0.0896. The number of nitrogens with zero attached hydrogens (tertiary/aromatic N) is 2. The van der Waals surface area contributed by atoms with Gasteiger partial charge in [-0.25, -0.2) is 0 Å². The first kappa shape index (κ1) is 44.3. The van der Waals surface area contributed by atoms with Gasteiger partial charge in [0.1, 0.15) is 0 Å². The van der Waals surface area contributed by atoms with Gasteiger partial charge in [-0.05, 0) is 151 Å². The molecule has 1 aromatic heterocycles. The molecule has 9 aromatic carbocycles. The molecule has 0 N–H and O–H groups in total. The van der Waals surface area contributed by atoms with E-state index in [1.54, 1.807) is 0 Å². The van der Waals surface area contributed by atoms with Gasteiger partial charge in [-0.3, -0.25) is 0 Å². The van der Waals surface area contributed by atoms with Crippen LogP contribution in [0.3, 0.4) is 0 Å². The summed E-state index contributed by atoms with van der Waals surface area (Å²) in [4.78, 5) is 2.51. The van der Waals surface area contributed by atoms with Gasteiger partial charge < -0.3 is 9.47 Å². The Kier molecular flexibility index (Phi) is 10.2. The Morgan fingerprint density at radius 3 is 1.51 bits per heavy atom. The highest BCUT2D eigenvalue weighted by Gasteiger charge is 2.38. The van der Waals surface area contributed by atoms with Crippen LogP contribution in [0.2, 0.25) is 0 Å². The van der Waals surface area contributed by atoms with E-state index < -0.39 is 0 Å². The lowest BCUT2D eigenvalue weighted by Crippen LogP contribution is -2.20. The van der Waals surface area contributed by atoms with Crippen molar-refractivity contribution in [2.24, 2.45) is 0 Å². The molecule has 0 aliphatic heterocycles. The molecule has 74 heavy (non-hydrogen) atoms. The molecular formula is C72H58N2. The van der Waals surface area contributed by atoms with Crippen molar-refractivity contribution in [1.82, 2.24) is 4.57 Å². The number of rotatable bonds is 8. The summed E-state index contributed by atoms with van der Waals surface area (Å²) < 4.78 is 2.38. The lowest BCUT2D eigenvalue weighted by Gasteiger charge is -2.32. The zero-order chi connectivity index (χ0) is 49.7. The summed E-state index contributed by atoms with van der Waals surface area (Å²) in [6.45, 7) is 9.51. The highest BCUT2D eigenvalue weighted by molar-refractivity contribution is 6.10. The fraction of sp³-hybridized carbons (Fsp3) is 0.139. The van der Waals surface area contributed by atoms with E-state index in [0.29, 0.717) is 11.8 Å². The van der Waals surface area contributed by atoms with Gasteiger partial charge in [0.15, 0.2) is 0 Å². The molecule has 4 aliphatic rings. The molecule has 2 nitrogen and oxygen atoms in total. The Labute approximate surface area is 435 Å². The second-order valence-electron chi connectivity index (χ2n) is 22.0. The minimum Gasteiger partial charge on any atom is -0.311 e. The maximum absolute atomic E-state index is 2.51. The zero-order valence-electron chi connectivity index (χ0n) is 42.6. The van der Waals surface area contributed by atoms with Crippen molar-refractivity contribution in [3.8, 4) is 39.1 Å². The van der Waals surface area contributed by atoms with Gasteiger partial charge in [-0.15, -0.1) is 0 Å². The lowest BCUT2D eigenvalue weighted by atomic mass is 9.82. The number of aromatic nitrogens is 1. The van der Waals surface area contributed by atoms with Crippen LogP contribution >= 0.6 is 0 Å². The van der Waals surface area contributed by atoms with Gasteiger partial charge in [0, 0.05) is 56.2 Å². The normalized spacial score (nSPS) is 17.6. The number of para-hydroxylation sites is 2. The summed E-state index contributed by atoms with van der Waals surface area (Å²) in [7, 11) is 0. The standard InChI is InChI=1S/C72H58N2/c1-71(2)65-19-11-8-16-59(65)61-41-39-57(45-67(61)71)73(58-40-42-62-60-17-9-12-20-66(60)72(3,4)68(62)46-58)56-37-34-52(35-38-56)51-28-26-48(27-29-51)47-22-24-49(25-23-47)50-30-32-53(33-31-50)54-36-43-70-64(44-54)63-18-10-13-21-69(63)74(70)55-14-6-5-7-15-55/h5-22,24-34,36-47,52H,23,35H2,1-4H3. The van der Waals surface area contributed by atoms with Crippen LogP contribution < -0.4 is 4.90 Å². The Morgan fingerprint density at radius 2 is 0.919 bits per heavy atom. The predicted molar refractivity (Wildman–Crippen MR) is 312 cm³/mol. The molecule has 2 atom stereocenters. The number of hydrogen-bond acceptors (Lipinski definition) is 1. The van der Waals surface area contributed by atoms with Crippen molar-refractivity contribution in [1.29, 1.82) is 0 Å². The Balaban J connectivity index is 0.690. The Hall–Kier alpha value is -8.46. The van der Waals surface area contributed by atoms with E-state index in [1.165, 1.54) is 122 Å². The first-order valence-corrected chi connectivity index (χ1v) is 26.5. The molecule has 0 saturated carbocycles. The van der Waals surface area contributed by atoms with Crippen molar-refractivity contribution in [3.63, 3.8) is 0 Å². The van der Waals surface area contributed by atoms with Gasteiger partial charge in [0.05, 0.1) is 11.0 Å². The van der Waals surface area contributed by atoms with E-state index in [4.69, 9.17) is 0 Å². The van der Waals surface area contributed by atoms with Crippen molar-refractivity contribution in [2.75, 3.05) is 4.90 Å². The monoisotopic (exact) mass is 950 g/mol. The van der Waals surface area contributed by atoms with Gasteiger partial charge in [0.2, 0.25) is 0 Å². The van der Waals surface area contributed by atoms with Crippen molar-refractivity contribution < 1.29 is 0 Å². The van der Waals surface area contributed by atoms with E-state index >= 15 is 0 Å². The van der Waals surface area contributed by atoms with Gasteiger partial charge >= 0.3 is 0 Å². The lowest BCUT2D eigenvalue weighted by molar-refractivity contribution is 0.660.